The molecule has 2 aromatic heterocycles. The van der Waals surface area contributed by atoms with Gasteiger partial charge in [0, 0.05) is 37.2 Å². The van der Waals surface area contributed by atoms with Crippen molar-refractivity contribution in [2.75, 3.05) is 13.1 Å². The van der Waals surface area contributed by atoms with Crippen LogP contribution in [0.15, 0.2) is 42.6 Å². The van der Waals surface area contributed by atoms with Crippen LogP contribution >= 0.6 is 0 Å². The van der Waals surface area contributed by atoms with Crippen LogP contribution < -0.4 is 5.32 Å². The summed E-state index contributed by atoms with van der Waals surface area (Å²) in [7, 11) is 0. The maximum atomic E-state index is 12.5. The molecule has 0 aliphatic carbocycles. The van der Waals surface area contributed by atoms with Crippen molar-refractivity contribution in [1.82, 2.24) is 24.6 Å². The predicted octanol–water partition coefficient (Wildman–Crippen LogP) is 2.02. The molecule has 1 aliphatic rings. The average molecular weight is 335 g/mol. The molecule has 0 unspecified atom stereocenters. The van der Waals surface area contributed by atoms with Gasteiger partial charge in [0.2, 0.25) is 11.7 Å². The third kappa shape index (κ3) is 3.00. The number of imidazole rings is 1. The largest absolute Gasteiger partial charge is 0.353 e. The first-order valence-corrected chi connectivity index (χ1v) is 8.51. The van der Waals surface area contributed by atoms with Crippen molar-refractivity contribution < 1.29 is 4.79 Å². The maximum absolute atomic E-state index is 12.5. The molecule has 0 saturated carbocycles. The zero-order valence-corrected chi connectivity index (χ0v) is 14.4. The quantitative estimate of drug-likeness (QED) is 0.795. The maximum Gasteiger partial charge on any atom is 0.242 e. The molecule has 1 amide bonds. The molecule has 0 bridgehead atoms. The third-order valence-electron chi connectivity index (χ3n) is 4.60. The van der Waals surface area contributed by atoms with Crippen LogP contribution in [0, 0.1) is 13.8 Å². The minimum absolute atomic E-state index is 0.0476. The van der Waals surface area contributed by atoms with Gasteiger partial charge in [-0.05, 0) is 25.5 Å². The molecule has 1 N–H and O–H groups in total. The lowest BCUT2D eigenvalue weighted by Crippen LogP contribution is -2.49. The van der Waals surface area contributed by atoms with Gasteiger partial charge in [-0.3, -0.25) is 14.1 Å². The summed E-state index contributed by atoms with van der Waals surface area (Å²) >= 11 is 0. The molecule has 0 spiro atoms. The molecule has 1 saturated heterocycles. The molecule has 1 atom stereocenters. The summed E-state index contributed by atoms with van der Waals surface area (Å²) in [6.45, 7) is 6.10. The highest BCUT2D eigenvalue weighted by Gasteiger charge is 2.31. The van der Waals surface area contributed by atoms with E-state index in [1.54, 1.807) is 0 Å². The van der Waals surface area contributed by atoms with E-state index in [1.807, 2.05) is 60.8 Å². The summed E-state index contributed by atoms with van der Waals surface area (Å²) in [5.41, 5.74) is 4.00. The number of aromatic nitrogens is 3. The first kappa shape index (κ1) is 15.8. The highest BCUT2D eigenvalue weighted by Crippen LogP contribution is 2.25. The smallest absolute Gasteiger partial charge is 0.242 e. The molecule has 6 nitrogen and oxygen atoms in total. The number of fused-ring (bicyclic) bond motifs is 1. The Morgan fingerprint density at radius 2 is 2.00 bits per heavy atom. The molecule has 3 heterocycles. The van der Waals surface area contributed by atoms with Crippen LogP contribution in [0.2, 0.25) is 0 Å². The summed E-state index contributed by atoms with van der Waals surface area (Å²) in [4.78, 5) is 23.8. The van der Waals surface area contributed by atoms with E-state index in [1.165, 1.54) is 0 Å². The second-order valence-electron chi connectivity index (χ2n) is 6.52. The fraction of sp³-hybridized carbons (Fsp3) is 0.316. The van der Waals surface area contributed by atoms with E-state index < -0.39 is 0 Å². The first-order chi connectivity index (χ1) is 12.1. The van der Waals surface area contributed by atoms with Crippen LogP contribution in [0.3, 0.4) is 0 Å². The summed E-state index contributed by atoms with van der Waals surface area (Å²) in [6, 6.07) is 11.7. The van der Waals surface area contributed by atoms with Crippen molar-refractivity contribution >= 4 is 11.7 Å². The minimum atomic E-state index is -0.282. The lowest BCUT2D eigenvalue weighted by molar-refractivity contribution is -0.129. The molecule has 1 fully saturated rings. The summed E-state index contributed by atoms with van der Waals surface area (Å²) in [5, 5.41) is 2.97. The highest BCUT2D eigenvalue weighted by atomic mass is 16.2. The van der Waals surface area contributed by atoms with E-state index in [9.17, 15) is 4.79 Å². The first-order valence-electron chi connectivity index (χ1n) is 8.51. The third-order valence-corrected chi connectivity index (χ3v) is 4.60. The highest BCUT2D eigenvalue weighted by molar-refractivity contribution is 5.83. The van der Waals surface area contributed by atoms with Gasteiger partial charge >= 0.3 is 0 Å². The van der Waals surface area contributed by atoms with Crippen molar-refractivity contribution in [3.63, 3.8) is 0 Å². The Balaban J connectivity index is 1.66. The summed E-state index contributed by atoms with van der Waals surface area (Å²) < 4.78 is 2.00. The van der Waals surface area contributed by atoms with Gasteiger partial charge in [0.05, 0.1) is 5.69 Å². The molecule has 6 heteroatoms. The Bertz CT molecular complexity index is 918. The number of hydrogen-bond donors (Lipinski definition) is 1. The number of amides is 1. The van der Waals surface area contributed by atoms with Crippen LogP contribution in [0.5, 0.6) is 0 Å². The van der Waals surface area contributed by atoms with Crippen LogP contribution in [0.1, 0.15) is 28.7 Å². The lowest BCUT2D eigenvalue weighted by Gasteiger charge is -2.34. The molecule has 4 rings (SSSR count). The van der Waals surface area contributed by atoms with Crippen LogP contribution in [0.4, 0.5) is 0 Å². The van der Waals surface area contributed by atoms with Crippen molar-refractivity contribution in [1.29, 1.82) is 0 Å². The van der Waals surface area contributed by atoms with E-state index in [-0.39, 0.29) is 11.9 Å². The van der Waals surface area contributed by atoms with Gasteiger partial charge in [-0.1, -0.05) is 30.3 Å². The minimum Gasteiger partial charge on any atom is -0.353 e. The van der Waals surface area contributed by atoms with Crippen molar-refractivity contribution in [3.05, 3.63) is 65.2 Å². The number of piperazine rings is 1. The normalized spacial score (nSPS) is 18.5. The van der Waals surface area contributed by atoms with Gasteiger partial charge in [-0.25, -0.2) is 9.97 Å². The second-order valence-corrected chi connectivity index (χ2v) is 6.52. The van der Waals surface area contributed by atoms with E-state index in [0.29, 0.717) is 18.9 Å². The Hall–Kier alpha value is -2.73. The molecule has 1 aliphatic heterocycles. The molecular formula is C19H21N5O. The Morgan fingerprint density at radius 1 is 1.20 bits per heavy atom. The van der Waals surface area contributed by atoms with E-state index in [0.717, 1.165) is 29.2 Å². The van der Waals surface area contributed by atoms with Crippen LogP contribution in [0.25, 0.3) is 5.78 Å². The SMILES string of the molecule is Cc1cc(C)n2cc(CN3CCNC(=O)[C@H]3c3ccccc3)nc2n1. The number of benzene rings is 1. The van der Waals surface area contributed by atoms with Crippen LogP contribution in [-0.2, 0) is 11.3 Å². The zero-order chi connectivity index (χ0) is 17.4. The Morgan fingerprint density at radius 3 is 2.80 bits per heavy atom. The standard InChI is InChI=1S/C19H21N5O/c1-13-10-14(2)24-12-16(22-19(24)21-13)11-23-9-8-20-18(25)17(23)15-6-4-3-5-7-15/h3-7,10,12,17H,8-9,11H2,1-2H3,(H,20,25)/t17-/m1/s1. The molecule has 25 heavy (non-hydrogen) atoms. The zero-order valence-electron chi connectivity index (χ0n) is 14.4. The summed E-state index contributed by atoms with van der Waals surface area (Å²) in [6.07, 6.45) is 2.02. The number of carbonyl (C=O) groups excluding carboxylic acids is 1. The van der Waals surface area contributed by atoms with Gasteiger partial charge < -0.3 is 5.32 Å². The van der Waals surface area contributed by atoms with Gasteiger partial charge in [0.25, 0.3) is 0 Å². The van der Waals surface area contributed by atoms with Crippen molar-refractivity contribution in [3.8, 4) is 0 Å². The number of rotatable bonds is 3. The lowest BCUT2D eigenvalue weighted by atomic mass is 10.0. The van der Waals surface area contributed by atoms with Crippen molar-refractivity contribution in [2.24, 2.45) is 0 Å². The van der Waals surface area contributed by atoms with E-state index >= 15 is 0 Å². The summed E-state index contributed by atoms with van der Waals surface area (Å²) in [5.74, 6) is 0.761. The number of nitrogens with one attached hydrogen (secondary N) is 1. The fourth-order valence-corrected chi connectivity index (χ4v) is 3.48. The second kappa shape index (κ2) is 6.29. The van der Waals surface area contributed by atoms with Gasteiger partial charge in [-0.2, -0.15) is 0 Å². The number of carbonyl (C=O) groups is 1. The Labute approximate surface area is 146 Å². The average Bonchev–Trinajstić information content (AvgIpc) is 2.98. The monoisotopic (exact) mass is 335 g/mol. The van der Waals surface area contributed by atoms with Crippen molar-refractivity contribution in [2.45, 2.75) is 26.4 Å². The fourth-order valence-electron chi connectivity index (χ4n) is 3.48. The van der Waals surface area contributed by atoms with Gasteiger partial charge in [0.1, 0.15) is 6.04 Å². The molecule has 128 valence electrons. The number of nitrogens with zero attached hydrogens (tertiary/aromatic N) is 4. The van der Waals surface area contributed by atoms with Crippen LogP contribution in [-0.4, -0.2) is 38.3 Å². The topological polar surface area (TPSA) is 62.5 Å². The van der Waals surface area contributed by atoms with Gasteiger partial charge in [0.15, 0.2) is 0 Å². The predicted molar refractivity (Wildman–Crippen MR) is 95.1 cm³/mol. The molecule has 0 radical (unpaired) electrons. The molecule has 1 aromatic carbocycles. The number of hydrogen-bond acceptors (Lipinski definition) is 4. The Kier molecular flexibility index (Phi) is 3.97. The number of aryl methyl sites for hydroxylation is 2. The van der Waals surface area contributed by atoms with Gasteiger partial charge in [-0.15, -0.1) is 0 Å². The molecular weight excluding hydrogens is 314 g/mol. The molecule has 3 aromatic rings. The van der Waals surface area contributed by atoms with E-state index in [2.05, 4.69) is 20.2 Å². The van der Waals surface area contributed by atoms with E-state index in [4.69, 9.17) is 0 Å².